The summed E-state index contributed by atoms with van der Waals surface area (Å²) in [7, 11) is 0. The second kappa shape index (κ2) is 4.53. The summed E-state index contributed by atoms with van der Waals surface area (Å²) in [6.45, 7) is 0.841. The van der Waals surface area contributed by atoms with Gasteiger partial charge in [0.05, 0.1) is 0 Å². The molecule has 0 N–H and O–H groups in total. The van der Waals surface area contributed by atoms with Crippen LogP contribution in [0.25, 0.3) is 0 Å². The van der Waals surface area contributed by atoms with E-state index in [2.05, 4.69) is 10.1 Å². The first-order valence-corrected chi connectivity index (χ1v) is 7.52. The molecule has 0 radical (unpaired) electrons. The summed E-state index contributed by atoms with van der Waals surface area (Å²) in [6, 6.07) is 0. The smallest absolute Gasteiger partial charge is 0.137 e. The van der Waals surface area contributed by atoms with Crippen molar-refractivity contribution in [2.75, 3.05) is 0 Å². The van der Waals surface area contributed by atoms with Gasteiger partial charge in [-0.15, -0.1) is 34.8 Å². The monoisotopic (exact) mass is 307 g/mol. The van der Waals surface area contributed by atoms with Gasteiger partial charge in [-0.1, -0.05) is 0 Å². The molecule has 1 aromatic heterocycles. The minimum Gasteiger partial charge on any atom is -0.253 e. The van der Waals surface area contributed by atoms with Gasteiger partial charge in [-0.25, -0.2) is 4.98 Å². The largest absolute Gasteiger partial charge is 0.253 e. The fourth-order valence-electron chi connectivity index (χ4n) is 2.58. The highest BCUT2D eigenvalue weighted by Crippen LogP contribution is 2.57. The van der Waals surface area contributed by atoms with Crippen LogP contribution in [0.5, 0.6) is 0 Å². The third kappa shape index (κ3) is 2.78. The molecule has 2 saturated carbocycles. The van der Waals surface area contributed by atoms with Crippen molar-refractivity contribution < 1.29 is 0 Å². The first-order chi connectivity index (χ1) is 8.50. The van der Waals surface area contributed by atoms with Crippen molar-refractivity contribution >= 4 is 34.8 Å². The maximum absolute atomic E-state index is 6.57. The fourth-order valence-corrected chi connectivity index (χ4v) is 3.44. The number of rotatable bonds is 6. The van der Waals surface area contributed by atoms with E-state index in [1.54, 1.807) is 12.7 Å². The number of halogens is 3. The van der Waals surface area contributed by atoms with Gasteiger partial charge in [-0.3, -0.25) is 4.68 Å². The van der Waals surface area contributed by atoms with Crippen LogP contribution < -0.4 is 0 Å². The van der Waals surface area contributed by atoms with Gasteiger partial charge >= 0.3 is 0 Å². The second-order valence-electron chi connectivity index (χ2n) is 5.59. The number of aromatic nitrogens is 3. The maximum atomic E-state index is 6.57. The Bertz CT molecular complexity index is 414. The lowest BCUT2D eigenvalue weighted by Crippen LogP contribution is -2.23. The minimum atomic E-state index is -0.471. The lowest BCUT2D eigenvalue weighted by Gasteiger charge is -2.21. The Hall–Kier alpha value is 0.01000. The Morgan fingerprint density at radius 2 is 2.06 bits per heavy atom. The Kier molecular flexibility index (Phi) is 3.28. The molecule has 2 aliphatic rings. The predicted octanol–water partition coefficient (Wildman–Crippen LogP) is 3.64. The van der Waals surface area contributed by atoms with E-state index in [9.17, 15) is 0 Å². The van der Waals surface area contributed by atoms with Gasteiger partial charge in [0.25, 0.3) is 0 Å². The van der Waals surface area contributed by atoms with Crippen LogP contribution in [-0.4, -0.2) is 24.0 Å². The number of hydrogen-bond acceptors (Lipinski definition) is 2. The molecule has 3 nitrogen and oxygen atoms in total. The third-order valence-electron chi connectivity index (χ3n) is 4.15. The zero-order valence-electron chi connectivity index (χ0n) is 10.0. The highest BCUT2D eigenvalue weighted by molar-refractivity contribution is 6.50. The zero-order valence-corrected chi connectivity index (χ0v) is 12.3. The highest BCUT2D eigenvalue weighted by Gasteiger charge is 2.53. The molecule has 18 heavy (non-hydrogen) atoms. The summed E-state index contributed by atoms with van der Waals surface area (Å²) in [6.07, 6.45) is 8.56. The van der Waals surface area contributed by atoms with Crippen molar-refractivity contribution in [3.63, 3.8) is 0 Å². The molecule has 3 rings (SSSR count). The van der Waals surface area contributed by atoms with E-state index in [0.717, 1.165) is 38.6 Å². The van der Waals surface area contributed by atoms with E-state index in [-0.39, 0.29) is 4.87 Å². The molecule has 0 spiro atoms. The van der Waals surface area contributed by atoms with E-state index in [1.165, 1.54) is 0 Å². The molecule has 2 atom stereocenters. The van der Waals surface area contributed by atoms with Crippen LogP contribution in [0.3, 0.4) is 0 Å². The van der Waals surface area contributed by atoms with Crippen LogP contribution in [0.4, 0.5) is 0 Å². The molecule has 0 unspecified atom stereocenters. The summed E-state index contributed by atoms with van der Waals surface area (Å²) in [5.41, 5.74) is 0. The van der Waals surface area contributed by atoms with Crippen LogP contribution in [0.15, 0.2) is 12.7 Å². The molecule has 0 aliphatic heterocycles. The maximum Gasteiger partial charge on any atom is 0.137 e. The van der Waals surface area contributed by atoms with Crippen molar-refractivity contribution in [1.82, 2.24) is 14.8 Å². The molecule has 0 bridgehead atoms. The molecule has 0 aromatic carbocycles. The highest BCUT2D eigenvalue weighted by atomic mass is 35.5. The molecule has 1 aromatic rings. The number of nitrogens with zero attached hydrogens (tertiary/aromatic N) is 3. The average molecular weight is 309 g/mol. The van der Waals surface area contributed by atoms with Crippen molar-refractivity contribution in [3.8, 4) is 0 Å². The molecule has 1 heterocycles. The third-order valence-corrected chi connectivity index (χ3v) is 5.77. The zero-order chi connectivity index (χ0) is 12.8. The normalized spacial score (nSPS) is 28.9. The topological polar surface area (TPSA) is 30.7 Å². The summed E-state index contributed by atoms with van der Waals surface area (Å²) >= 11 is 18.7. The van der Waals surface area contributed by atoms with E-state index < -0.39 is 4.33 Å². The van der Waals surface area contributed by atoms with Crippen LogP contribution in [0.2, 0.25) is 0 Å². The Morgan fingerprint density at radius 1 is 1.33 bits per heavy atom. The average Bonchev–Trinajstić information content (AvgIpc) is 3.09. The van der Waals surface area contributed by atoms with Crippen LogP contribution in [-0.2, 0) is 6.54 Å². The lowest BCUT2D eigenvalue weighted by atomic mass is 9.95. The molecule has 100 valence electrons. The van der Waals surface area contributed by atoms with Crippen molar-refractivity contribution in [3.05, 3.63) is 12.7 Å². The Labute approximate surface area is 122 Å². The summed E-state index contributed by atoms with van der Waals surface area (Å²) < 4.78 is 1.40. The van der Waals surface area contributed by atoms with Gasteiger partial charge in [0, 0.05) is 11.4 Å². The van der Waals surface area contributed by atoms with E-state index in [0.29, 0.717) is 11.8 Å². The molecule has 2 aliphatic carbocycles. The van der Waals surface area contributed by atoms with Crippen molar-refractivity contribution in [2.24, 2.45) is 11.8 Å². The van der Waals surface area contributed by atoms with Crippen LogP contribution >= 0.6 is 34.8 Å². The molecular weight excluding hydrogens is 293 g/mol. The molecule has 0 saturated heterocycles. The van der Waals surface area contributed by atoms with Crippen LogP contribution in [0.1, 0.15) is 32.1 Å². The van der Waals surface area contributed by atoms with Crippen molar-refractivity contribution in [1.29, 1.82) is 0 Å². The quantitative estimate of drug-likeness (QED) is 0.751. The first-order valence-electron chi connectivity index (χ1n) is 6.39. The summed E-state index contributed by atoms with van der Waals surface area (Å²) in [5.74, 6) is 0.878. The Morgan fingerprint density at radius 3 is 2.56 bits per heavy atom. The lowest BCUT2D eigenvalue weighted by molar-refractivity contribution is 0.351. The molecule has 6 heteroatoms. The first kappa shape index (κ1) is 13.0. The SMILES string of the molecule is ClC1(Cl)C[C@H]1CC[C@H](Cn1cncn1)C1(Cl)CC1. The van der Waals surface area contributed by atoms with Gasteiger partial charge in [0.15, 0.2) is 0 Å². The molecule has 2 fully saturated rings. The van der Waals surface area contributed by atoms with Gasteiger partial charge in [0.2, 0.25) is 0 Å². The van der Waals surface area contributed by atoms with E-state index >= 15 is 0 Å². The standard InChI is InChI=1S/C12H16Cl3N3/c13-11(3-4-11)10(6-18-8-16-7-17-18)2-1-9-5-12(9,14)15/h7-10H,1-6H2/t9-,10-/m1/s1. The molecular formula is C12H16Cl3N3. The minimum absolute atomic E-state index is 0.0257. The van der Waals surface area contributed by atoms with Gasteiger partial charge in [-0.2, -0.15) is 5.10 Å². The van der Waals surface area contributed by atoms with Crippen LogP contribution in [0, 0.1) is 11.8 Å². The fraction of sp³-hybridized carbons (Fsp3) is 0.833. The van der Waals surface area contributed by atoms with E-state index in [4.69, 9.17) is 34.8 Å². The Balaban J connectivity index is 1.57. The van der Waals surface area contributed by atoms with E-state index in [1.807, 2.05) is 4.68 Å². The number of hydrogen-bond donors (Lipinski definition) is 0. The summed E-state index contributed by atoms with van der Waals surface area (Å²) in [5, 5.41) is 4.16. The summed E-state index contributed by atoms with van der Waals surface area (Å²) in [4.78, 5) is 3.95. The van der Waals surface area contributed by atoms with Crippen molar-refractivity contribution in [2.45, 2.75) is 47.9 Å². The van der Waals surface area contributed by atoms with Gasteiger partial charge in [-0.05, 0) is 43.9 Å². The number of alkyl halides is 3. The second-order valence-corrected chi connectivity index (χ2v) is 7.88. The predicted molar refractivity (Wildman–Crippen MR) is 73.1 cm³/mol. The van der Waals surface area contributed by atoms with Gasteiger partial charge < -0.3 is 0 Å². The van der Waals surface area contributed by atoms with Gasteiger partial charge in [0.1, 0.15) is 17.0 Å². The molecule has 0 amide bonds.